The van der Waals surface area contributed by atoms with E-state index in [2.05, 4.69) is 4.74 Å². The van der Waals surface area contributed by atoms with Gasteiger partial charge in [0.25, 0.3) is 0 Å². The highest BCUT2D eigenvalue weighted by Crippen LogP contribution is 1.91. The summed E-state index contributed by atoms with van der Waals surface area (Å²) in [7, 11) is 1.32. The first kappa shape index (κ1) is 7.01. The minimum atomic E-state index is -1.03. The molecule has 0 fully saturated rings. The van der Waals surface area contributed by atoms with Crippen molar-refractivity contribution in [3.63, 3.8) is 0 Å². The number of carbonyl (C=O) groups is 1. The number of allylic oxidation sites excluding steroid dienone is 1. The molecule has 46 valence electrons. The van der Waals surface area contributed by atoms with Crippen LogP contribution in [-0.4, -0.2) is 18.2 Å². The van der Waals surface area contributed by atoms with Crippen LogP contribution >= 0.6 is 0 Å². The van der Waals surface area contributed by atoms with E-state index in [1.807, 2.05) is 0 Å². The zero-order valence-electron chi connectivity index (χ0n) is 4.84. The summed E-state index contributed by atoms with van der Waals surface area (Å²) in [4.78, 5) is 9.97. The fourth-order valence-electron chi connectivity index (χ4n) is 0.329. The first-order valence-electron chi connectivity index (χ1n) is 2.16. The van der Waals surface area contributed by atoms with E-state index in [1.165, 1.54) is 13.2 Å². The highest BCUT2D eigenvalue weighted by molar-refractivity contribution is 5.83. The van der Waals surface area contributed by atoms with Crippen LogP contribution in [0, 0.1) is 0 Å². The van der Waals surface area contributed by atoms with Gasteiger partial charge in [0.2, 0.25) is 0 Å². The Kier molecular flexibility index (Phi) is 2.69. The number of methoxy groups -OCH3 is 1. The maximum atomic E-state index is 9.97. The van der Waals surface area contributed by atoms with Gasteiger partial charge in [0.15, 0.2) is 5.76 Å². The van der Waals surface area contributed by atoms with Crippen LogP contribution in [0.3, 0.4) is 0 Å². The van der Waals surface area contributed by atoms with Gasteiger partial charge in [-0.1, -0.05) is 0 Å². The summed E-state index contributed by atoms with van der Waals surface area (Å²) >= 11 is 0. The molecule has 0 rings (SSSR count). The van der Waals surface area contributed by atoms with Gasteiger partial charge in [-0.15, -0.1) is 0 Å². The first-order valence-corrected chi connectivity index (χ1v) is 2.16. The van der Waals surface area contributed by atoms with Crippen LogP contribution in [0.25, 0.3) is 0 Å². The predicted molar refractivity (Wildman–Crippen MR) is 28.4 cm³/mol. The van der Waals surface area contributed by atoms with E-state index in [1.54, 1.807) is 6.92 Å². The zero-order valence-corrected chi connectivity index (χ0v) is 4.84. The molecule has 0 bridgehead atoms. The van der Waals surface area contributed by atoms with Crippen LogP contribution < -0.4 is 0 Å². The Labute approximate surface area is 47.6 Å². The van der Waals surface area contributed by atoms with Gasteiger partial charge in [0.1, 0.15) is 0 Å². The minimum absolute atomic E-state index is 0.0231. The minimum Gasteiger partial charge on any atom is -0.490 e. The molecule has 0 aromatic carbocycles. The van der Waals surface area contributed by atoms with Crippen LogP contribution in [-0.2, 0) is 9.53 Å². The zero-order chi connectivity index (χ0) is 6.57. The van der Waals surface area contributed by atoms with Crippen molar-refractivity contribution in [2.45, 2.75) is 6.92 Å². The van der Waals surface area contributed by atoms with Crippen molar-refractivity contribution < 1.29 is 14.6 Å². The SMILES string of the molecule is C/C=C(/OC)C(=O)O. The molecule has 0 spiro atoms. The standard InChI is InChI=1S/C5H8O3/c1-3-4(8-2)5(6)7/h3H,1-2H3,(H,6,7)/b4-3+. The number of hydrogen-bond donors (Lipinski definition) is 1. The number of carboxylic acids is 1. The smallest absolute Gasteiger partial charge is 0.370 e. The summed E-state index contributed by atoms with van der Waals surface area (Å²) < 4.78 is 4.42. The molecule has 8 heavy (non-hydrogen) atoms. The summed E-state index contributed by atoms with van der Waals surface area (Å²) in [5.41, 5.74) is 0. The van der Waals surface area contributed by atoms with Crippen LogP contribution in [0.4, 0.5) is 0 Å². The summed E-state index contributed by atoms with van der Waals surface area (Å²) in [6, 6.07) is 0. The monoisotopic (exact) mass is 116 g/mol. The molecule has 0 unspecified atom stereocenters. The highest BCUT2D eigenvalue weighted by Gasteiger charge is 2.01. The Morgan fingerprint density at radius 1 is 1.75 bits per heavy atom. The second-order valence-corrected chi connectivity index (χ2v) is 1.16. The molecular weight excluding hydrogens is 108 g/mol. The molecule has 3 heteroatoms. The molecule has 0 heterocycles. The van der Waals surface area contributed by atoms with E-state index in [4.69, 9.17) is 5.11 Å². The topological polar surface area (TPSA) is 46.5 Å². The Bertz CT molecular complexity index is 115. The maximum Gasteiger partial charge on any atom is 0.370 e. The third kappa shape index (κ3) is 1.64. The quantitative estimate of drug-likeness (QED) is 0.425. The Hall–Kier alpha value is -0.990. The van der Waals surface area contributed by atoms with Crippen molar-refractivity contribution in [3.8, 4) is 0 Å². The maximum absolute atomic E-state index is 9.97. The molecule has 1 N–H and O–H groups in total. The lowest BCUT2D eigenvalue weighted by atomic mass is 10.5. The summed E-state index contributed by atoms with van der Waals surface area (Å²) in [5.74, 6) is -1.06. The first-order chi connectivity index (χ1) is 3.72. The Balaban J connectivity index is 3.92. The largest absolute Gasteiger partial charge is 0.490 e. The van der Waals surface area contributed by atoms with Crippen molar-refractivity contribution in [1.29, 1.82) is 0 Å². The number of carboxylic acid groups (broad SMARTS) is 1. The van der Waals surface area contributed by atoms with Gasteiger partial charge in [-0.05, 0) is 13.0 Å². The highest BCUT2D eigenvalue weighted by atomic mass is 16.5. The van der Waals surface area contributed by atoms with E-state index < -0.39 is 5.97 Å². The number of aliphatic carboxylic acids is 1. The van der Waals surface area contributed by atoms with Crippen molar-refractivity contribution in [3.05, 3.63) is 11.8 Å². The number of rotatable bonds is 2. The molecule has 0 atom stereocenters. The van der Waals surface area contributed by atoms with Crippen LogP contribution in [0.1, 0.15) is 6.92 Å². The molecule has 0 aliphatic rings. The molecule has 0 aliphatic carbocycles. The Morgan fingerprint density at radius 3 is 2.25 bits per heavy atom. The summed E-state index contributed by atoms with van der Waals surface area (Å²) in [6.07, 6.45) is 1.39. The van der Waals surface area contributed by atoms with Crippen molar-refractivity contribution in [2.24, 2.45) is 0 Å². The third-order valence-corrected chi connectivity index (χ3v) is 0.693. The van der Waals surface area contributed by atoms with E-state index in [0.717, 1.165) is 0 Å². The lowest BCUT2D eigenvalue weighted by molar-refractivity contribution is -0.136. The van der Waals surface area contributed by atoms with Gasteiger partial charge in [-0.3, -0.25) is 0 Å². The summed E-state index contributed by atoms with van der Waals surface area (Å²) in [5, 5.41) is 8.18. The molecule has 0 aromatic rings. The van der Waals surface area contributed by atoms with Crippen LogP contribution in [0.15, 0.2) is 11.8 Å². The average molecular weight is 116 g/mol. The van der Waals surface area contributed by atoms with Crippen molar-refractivity contribution >= 4 is 5.97 Å². The van der Waals surface area contributed by atoms with Gasteiger partial charge in [0, 0.05) is 0 Å². The van der Waals surface area contributed by atoms with Crippen LogP contribution in [0.2, 0.25) is 0 Å². The second-order valence-electron chi connectivity index (χ2n) is 1.16. The predicted octanol–water partition coefficient (Wildman–Crippen LogP) is 0.621. The number of hydrogen-bond acceptors (Lipinski definition) is 2. The Morgan fingerprint density at radius 2 is 2.25 bits per heavy atom. The lowest BCUT2D eigenvalue weighted by Gasteiger charge is -1.95. The van der Waals surface area contributed by atoms with Crippen LogP contribution in [0.5, 0.6) is 0 Å². The van der Waals surface area contributed by atoms with E-state index in [0.29, 0.717) is 0 Å². The van der Waals surface area contributed by atoms with E-state index in [9.17, 15) is 4.79 Å². The van der Waals surface area contributed by atoms with E-state index in [-0.39, 0.29) is 5.76 Å². The molecule has 0 aliphatic heterocycles. The molecule has 0 aromatic heterocycles. The fourth-order valence-corrected chi connectivity index (χ4v) is 0.329. The lowest BCUT2D eigenvalue weighted by Crippen LogP contribution is -2.00. The molecule has 3 nitrogen and oxygen atoms in total. The molecule has 0 radical (unpaired) electrons. The van der Waals surface area contributed by atoms with E-state index >= 15 is 0 Å². The third-order valence-electron chi connectivity index (χ3n) is 0.693. The molecule has 0 saturated carbocycles. The van der Waals surface area contributed by atoms with Gasteiger partial charge in [-0.25, -0.2) is 4.79 Å². The molecule has 0 amide bonds. The molecular formula is C5H8O3. The fraction of sp³-hybridized carbons (Fsp3) is 0.400. The van der Waals surface area contributed by atoms with Crippen molar-refractivity contribution in [2.75, 3.05) is 7.11 Å². The number of ether oxygens (including phenoxy) is 1. The molecule has 0 saturated heterocycles. The average Bonchev–Trinajstić information content (AvgIpc) is 1.69. The van der Waals surface area contributed by atoms with Gasteiger partial charge >= 0.3 is 5.97 Å². The van der Waals surface area contributed by atoms with Gasteiger partial charge in [-0.2, -0.15) is 0 Å². The normalized spacial score (nSPS) is 11.0. The summed E-state index contributed by atoms with van der Waals surface area (Å²) in [6.45, 7) is 1.60. The second kappa shape index (κ2) is 3.07. The van der Waals surface area contributed by atoms with Gasteiger partial charge in [0.05, 0.1) is 7.11 Å². The van der Waals surface area contributed by atoms with Crippen molar-refractivity contribution in [1.82, 2.24) is 0 Å². The van der Waals surface area contributed by atoms with Gasteiger partial charge < -0.3 is 9.84 Å².